The summed E-state index contributed by atoms with van der Waals surface area (Å²) in [6.45, 7) is 0.823. The van der Waals surface area contributed by atoms with Gasteiger partial charge in [0.2, 0.25) is 5.91 Å². The summed E-state index contributed by atoms with van der Waals surface area (Å²) in [6.07, 6.45) is 2.68. The maximum Gasteiger partial charge on any atom is 0.433 e. The van der Waals surface area contributed by atoms with E-state index in [4.69, 9.17) is 5.10 Å². The van der Waals surface area contributed by atoms with Gasteiger partial charge in [0.1, 0.15) is 11.2 Å². The molecule has 2 aliphatic carbocycles. The number of hydrogen-bond acceptors (Lipinski definition) is 7. The van der Waals surface area contributed by atoms with Crippen LogP contribution in [0.15, 0.2) is 48.8 Å². The second kappa shape index (κ2) is 11.0. The van der Waals surface area contributed by atoms with Gasteiger partial charge in [0.15, 0.2) is 9.84 Å². The molecule has 1 amide bonds. The van der Waals surface area contributed by atoms with Crippen LogP contribution in [0.25, 0.3) is 16.8 Å². The van der Waals surface area contributed by atoms with E-state index in [1.807, 2.05) is 29.2 Å². The minimum absolute atomic E-state index is 0.102. The Hall–Kier alpha value is -3.92. The fourth-order valence-corrected chi connectivity index (χ4v) is 7.22. The highest BCUT2D eigenvalue weighted by Crippen LogP contribution is 2.43. The first-order chi connectivity index (χ1) is 20.5. The Morgan fingerprint density at radius 3 is 2.30 bits per heavy atom. The average molecular weight is 613 g/mol. The zero-order chi connectivity index (χ0) is 30.4. The van der Waals surface area contributed by atoms with Gasteiger partial charge in [0.25, 0.3) is 0 Å². The standard InChI is InChI=1S/C30H31F3N6O3S/c31-30(32,33)26-10-9-22(17-35-26)39-18-25(20-5-7-21(8-6-20)38-13-15-43(41,42)16-14-38)27(37-39)23-3-1-2-4-24(23)28(40)36-29(19-34)11-12-29/h5-10,17-18,23-24H,1-4,11-16H2,(H,36,40). The molecule has 9 nitrogen and oxygen atoms in total. The summed E-state index contributed by atoms with van der Waals surface area (Å²) in [4.78, 5) is 19.1. The molecule has 2 aromatic heterocycles. The number of alkyl halides is 3. The van der Waals surface area contributed by atoms with E-state index in [2.05, 4.69) is 16.4 Å². The lowest BCUT2D eigenvalue weighted by Crippen LogP contribution is -2.42. The van der Waals surface area contributed by atoms with Crippen molar-refractivity contribution in [2.75, 3.05) is 29.5 Å². The molecule has 1 aliphatic heterocycles. The van der Waals surface area contributed by atoms with Gasteiger partial charge in [-0.3, -0.25) is 4.79 Å². The number of carbonyl (C=O) groups is 1. The maximum absolute atomic E-state index is 13.5. The second-order valence-corrected chi connectivity index (χ2v) is 13.9. The lowest BCUT2D eigenvalue weighted by molar-refractivity contribution is -0.141. The summed E-state index contributed by atoms with van der Waals surface area (Å²) in [5.74, 6) is -0.623. The van der Waals surface area contributed by atoms with Gasteiger partial charge in [-0.2, -0.15) is 23.5 Å². The number of nitriles is 1. The summed E-state index contributed by atoms with van der Waals surface area (Å²) in [7, 11) is -3.02. The molecular weight excluding hydrogens is 581 g/mol. The van der Waals surface area contributed by atoms with Crippen molar-refractivity contribution in [3.8, 4) is 22.9 Å². The number of sulfone groups is 1. The van der Waals surface area contributed by atoms with Gasteiger partial charge in [0, 0.05) is 42.4 Å². The molecule has 13 heteroatoms. The van der Waals surface area contributed by atoms with Gasteiger partial charge >= 0.3 is 6.18 Å². The molecule has 0 spiro atoms. The van der Waals surface area contributed by atoms with Crippen LogP contribution in [0.2, 0.25) is 0 Å². The van der Waals surface area contributed by atoms with E-state index >= 15 is 0 Å². The van der Waals surface area contributed by atoms with Crippen LogP contribution in [0.1, 0.15) is 55.8 Å². The smallest absolute Gasteiger partial charge is 0.369 e. The normalized spacial score (nSPS) is 22.9. The number of anilines is 1. The van der Waals surface area contributed by atoms with Crippen molar-refractivity contribution in [1.82, 2.24) is 20.1 Å². The lowest BCUT2D eigenvalue weighted by atomic mass is 9.75. The number of pyridine rings is 1. The monoisotopic (exact) mass is 612 g/mol. The number of rotatable bonds is 6. The Morgan fingerprint density at radius 2 is 1.70 bits per heavy atom. The minimum Gasteiger partial charge on any atom is -0.369 e. The average Bonchev–Trinajstić information content (AvgIpc) is 3.63. The number of aromatic nitrogens is 3. The summed E-state index contributed by atoms with van der Waals surface area (Å²) in [5, 5.41) is 17.3. The van der Waals surface area contributed by atoms with E-state index in [0.717, 1.165) is 41.9 Å². The maximum atomic E-state index is 13.5. The van der Waals surface area contributed by atoms with Gasteiger partial charge < -0.3 is 10.2 Å². The van der Waals surface area contributed by atoms with Gasteiger partial charge in [-0.05, 0) is 55.5 Å². The highest BCUT2D eigenvalue weighted by Gasteiger charge is 2.47. The van der Waals surface area contributed by atoms with E-state index in [0.29, 0.717) is 50.2 Å². The molecular formula is C30H31F3N6O3S. The molecule has 1 aromatic carbocycles. The molecule has 3 aromatic rings. The summed E-state index contributed by atoms with van der Waals surface area (Å²) < 4.78 is 64.7. The Labute approximate surface area is 247 Å². The second-order valence-electron chi connectivity index (χ2n) is 11.6. The molecule has 2 atom stereocenters. The van der Waals surface area contributed by atoms with Gasteiger partial charge in [-0.1, -0.05) is 25.0 Å². The first-order valence-corrected chi connectivity index (χ1v) is 16.2. The summed E-state index contributed by atoms with van der Waals surface area (Å²) in [6, 6.07) is 12.1. The SMILES string of the molecule is N#CC1(NC(=O)C2CCCCC2c2nn(-c3ccc(C(F)(F)F)nc3)cc2-c2ccc(N3CCS(=O)(=O)CC3)cc2)CC1. The molecule has 43 heavy (non-hydrogen) atoms. The van der Waals surface area contributed by atoms with Crippen LogP contribution in [0.3, 0.4) is 0 Å². The fourth-order valence-electron chi connectivity index (χ4n) is 6.02. The Bertz CT molecular complexity index is 1640. The van der Waals surface area contributed by atoms with Crippen molar-refractivity contribution < 1.29 is 26.4 Å². The molecule has 3 aliphatic rings. The van der Waals surface area contributed by atoms with Crippen molar-refractivity contribution in [2.45, 2.75) is 56.2 Å². The highest BCUT2D eigenvalue weighted by atomic mass is 32.2. The third-order valence-electron chi connectivity index (χ3n) is 8.71. The van der Waals surface area contributed by atoms with Crippen LogP contribution >= 0.6 is 0 Å². The molecule has 1 N–H and O–H groups in total. The zero-order valence-corrected chi connectivity index (χ0v) is 24.2. The van der Waals surface area contributed by atoms with Crippen molar-refractivity contribution in [3.63, 3.8) is 0 Å². The molecule has 3 fully saturated rings. The van der Waals surface area contributed by atoms with E-state index in [1.165, 1.54) is 10.7 Å². The van der Waals surface area contributed by atoms with E-state index in [9.17, 15) is 31.6 Å². The van der Waals surface area contributed by atoms with Crippen LogP contribution in [0, 0.1) is 17.2 Å². The molecule has 0 bridgehead atoms. The first kappa shape index (κ1) is 29.2. The largest absolute Gasteiger partial charge is 0.433 e. The number of halogens is 3. The fraction of sp³-hybridized carbons (Fsp3) is 0.467. The molecule has 2 unspecified atom stereocenters. The zero-order valence-electron chi connectivity index (χ0n) is 23.3. The third kappa shape index (κ3) is 6.11. The Kier molecular flexibility index (Phi) is 7.44. The van der Waals surface area contributed by atoms with E-state index in [1.54, 1.807) is 6.20 Å². The highest BCUT2D eigenvalue weighted by molar-refractivity contribution is 7.91. The van der Waals surface area contributed by atoms with Gasteiger partial charge in [-0.25, -0.2) is 18.1 Å². The minimum atomic E-state index is -4.57. The van der Waals surface area contributed by atoms with Crippen LogP contribution < -0.4 is 10.2 Å². The predicted octanol–water partition coefficient (Wildman–Crippen LogP) is 4.63. The van der Waals surface area contributed by atoms with Crippen LogP contribution in [-0.2, 0) is 20.8 Å². The number of nitrogens with one attached hydrogen (secondary N) is 1. The lowest BCUT2D eigenvalue weighted by Gasteiger charge is -2.31. The molecule has 3 heterocycles. The van der Waals surface area contributed by atoms with Crippen molar-refractivity contribution >= 4 is 21.4 Å². The van der Waals surface area contributed by atoms with Gasteiger partial charge in [0.05, 0.1) is 35.2 Å². The molecule has 6 rings (SSSR count). The number of amides is 1. The van der Waals surface area contributed by atoms with E-state index in [-0.39, 0.29) is 23.3 Å². The number of carbonyl (C=O) groups excluding carboxylic acids is 1. The van der Waals surface area contributed by atoms with Crippen LogP contribution in [0.4, 0.5) is 18.9 Å². The van der Waals surface area contributed by atoms with Crippen LogP contribution in [0.5, 0.6) is 0 Å². The van der Waals surface area contributed by atoms with E-state index < -0.39 is 33.2 Å². The number of hydrogen-bond donors (Lipinski definition) is 1. The summed E-state index contributed by atoms with van der Waals surface area (Å²) >= 11 is 0. The Balaban J connectivity index is 1.35. The van der Waals surface area contributed by atoms with Crippen LogP contribution in [-0.4, -0.2) is 59.2 Å². The first-order valence-electron chi connectivity index (χ1n) is 14.4. The van der Waals surface area contributed by atoms with Crippen molar-refractivity contribution in [1.29, 1.82) is 5.26 Å². The predicted molar refractivity (Wildman–Crippen MR) is 153 cm³/mol. The molecule has 0 radical (unpaired) electrons. The van der Waals surface area contributed by atoms with Gasteiger partial charge in [-0.15, -0.1) is 0 Å². The number of benzene rings is 1. The summed E-state index contributed by atoms with van der Waals surface area (Å²) in [5.41, 5.74) is 1.68. The quantitative estimate of drug-likeness (QED) is 0.431. The Morgan fingerprint density at radius 1 is 1.02 bits per heavy atom. The third-order valence-corrected chi connectivity index (χ3v) is 10.3. The van der Waals surface area contributed by atoms with Crippen molar-refractivity contribution in [2.24, 2.45) is 5.92 Å². The molecule has 226 valence electrons. The number of nitrogens with zero attached hydrogens (tertiary/aromatic N) is 5. The topological polar surface area (TPSA) is 121 Å². The molecule has 1 saturated heterocycles. The van der Waals surface area contributed by atoms with Crippen molar-refractivity contribution in [3.05, 3.63) is 60.2 Å². The molecule has 2 saturated carbocycles.